The first-order valence-electron chi connectivity index (χ1n) is 7.99. The van der Waals surface area contributed by atoms with Gasteiger partial charge in [-0.25, -0.2) is 0 Å². The van der Waals surface area contributed by atoms with Crippen LogP contribution in [0.25, 0.3) is 0 Å². The molecule has 2 atom stereocenters. The second kappa shape index (κ2) is 6.28. The maximum atomic E-state index is 5.95. The fourth-order valence-electron chi connectivity index (χ4n) is 3.24. The fourth-order valence-corrected chi connectivity index (χ4v) is 3.24. The van der Waals surface area contributed by atoms with Crippen LogP contribution in [0.4, 0.5) is 0 Å². The third-order valence-corrected chi connectivity index (χ3v) is 4.70. The van der Waals surface area contributed by atoms with Crippen LogP contribution in [-0.2, 0) is 5.41 Å². The Balaban J connectivity index is 2.14. The molecule has 0 bridgehead atoms. The first-order chi connectivity index (χ1) is 9.43. The molecule has 2 N–H and O–H groups in total. The summed E-state index contributed by atoms with van der Waals surface area (Å²) in [6.07, 6.45) is 3.88. The molecule has 1 aromatic rings. The van der Waals surface area contributed by atoms with Crippen LogP contribution < -0.4 is 5.73 Å². The lowest BCUT2D eigenvalue weighted by molar-refractivity contribution is 0.108. The summed E-state index contributed by atoms with van der Waals surface area (Å²) in [5.41, 5.74) is 9.00. The Bertz CT molecular complexity index is 416. The lowest BCUT2D eigenvalue weighted by Crippen LogP contribution is -2.45. The zero-order valence-electron chi connectivity index (χ0n) is 13.5. The van der Waals surface area contributed by atoms with E-state index in [1.807, 2.05) is 0 Å². The molecule has 20 heavy (non-hydrogen) atoms. The summed E-state index contributed by atoms with van der Waals surface area (Å²) in [4.78, 5) is 2.59. The molecule has 112 valence electrons. The Kier molecular flexibility index (Phi) is 4.87. The summed E-state index contributed by atoms with van der Waals surface area (Å²) in [5.74, 6) is 0. The number of benzene rings is 1. The normalized spacial score (nSPS) is 22.8. The first kappa shape index (κ1) is 15.5. The molecule has 1 heterocycles. The summed E-state index contributed by atoms with van der Waals surface area (Å²) in [5, 5.41) is 0. The highest BCUT2D eigenvalue weighted by atomic mass is 15.2. The van der Waals surface area contributed by atoms with Crippen LogP contribution in [0.1, 0.15) is 64.1 Å². The molecule has 0 aromatic heterocycles. The average Bonchev–Trinajstić information content (AvgIpc) is 2.45. The number of nitrogens with two attached hydrogens (primary N) is 1. The number of rotatable bonds is 3. The van der Waals surface area contributed by atoms with Gasteiger partial charge in [0.1, 0.15) is 0 Å². The Morgan fingerprint density at radius 1 is 1.20 bits per heavy atom. The summed E-state index contributed by atoms with van der Waals surface area (Å²) in [6, 6.07) is 10.2. The van der Waals surface area contributed by atoms with Crippen LogP contribution in [0.5, 0.6) is 0 Å². The minimum Gasteiger partial charge on any atom is -0.329 e. The molecule has 1 aliphatic heterocycles. The van der Waals surface area contributed by atoms with Gasteiger partial charge in [-0.2, -0.15) is 0 Å². The van der Waals surface area contributed by atoms with Crippen molar-refractivity contribution in [3.05, 3.63) is 35.4 Å². The topological polar surface area (TPSA) is 29.3 Å². The minimum atomic E-state index is 0.229. The summed E-state index contributed by atoms with van der Waals surface area (Å²) >= 11 is 0. The molecule has 1 aromatic carbocycles. The number of piperidine rings is 1. The van der Waals surface area contributed by atoms with Crippen LogP contribution in [0.3, 0.4) is 0 Å². The summed E-state index contributed by atoms with van der Waals surface area (Å²) in [7, 11) is 0. The van der Waals surface area contributed by atoms with Gasteiger partial charge in [0.2, 0.25) is 0 Å². The SMILES string of the molecule is CC(c1ccc(C(C)(C)C)cc1)N1CCCCC1CN. The van der Waals surface area contributed by atoms with E-state index in [0.717, 1.165) is 6.54 Å². The third-order valence-electron chi connectivity index (χ3n) is 4.70. The van der Waals surface area contributed by atoms with Gasteiger partial charge in [-0.15, -0.1) is 0 Å². The molecule has 1 saturated heterocycles. The largest absolute Gasteiger partial charge is 0.329 e. The minimum absolute atomic E-state index is 0.229. The molecule has 1 aliphatic rings. The number of hydrogen-bond donors (Lipinski definition) is 1. The zero-order valence-corrected chi connectivity index (χ0v) is 13.5. The van der Waals surface area contributed by atoms with Gasteiger partial charge in [-0.1, -0.05) is 51.5 Å². The third kappa shape index (κ3) is 3.42. The first-order valence-corrected chi connectivity index (χ1v) is 7.99. The average molecular weight is 274 g/mol. The summed E-state index contributed by atoms with van der Waals surface area (Å²) < 4.78 is 0. The molecule has 2 nitrogen and oxygen atoms in total. The van der Waals surface area contributed by atoms with E-state index in [1.165, 1.54) is 36.9 Å². The molecular weight excluding hydrogens is 244 g/mol. The van der Waals surface area contributed by atoms with E-state index in [2.05, 4.69) is 56.9 Å². The molecule has 0 spiro atoms. The van der Waals surface area contributed by atoms with Crippen LogP contribution in [0, 0.1) is 0 Å². The zero-order chi connectivity index (χ0) is 14.8. The van der Waals surface area contributed by atoms with Crippen molar-refractivity contribution in [3.63, 3.8) is 0 Å². The van der Waals surface area contributed by atoms with E-state index in [-0.39, 0.29) is 5.41 Å². The lowest BCUT2D eigenvalue weighted by Gasteiger charge is -2.39. The van der Waals surface area contributed by atoms with Crippen LogP contribution in [0.15, 0.2) is 24.3 Å². The maximum absolute atomic E-state index is 5.95. The van der Waals surface area contributed by atoms with Gasteiger partial charge in [-0.05, 0) is 42.9 Å². The molecular formula is C18H30N2. The van der Waals surface area contributed by atoms with E-state index in [4.69, 9.17) is 5.73 Å². The van der Waals surface area contributed by atoms with Gasteiger partial charge < -0.3 is 5.73 Å². The van der Waals surface area contributed by atoms with Gasteiger partial charge in [0.25, 0.3) is 0 Å². The van der Waals surface area contributed by atoms with Crippen molar-refractivity contribution in [1.82, 2.24) is 4.90 Å². The highest BCUT2D eigenvalue weighted by Crippen LogP contribution is 2.29. The van der Waals surface area contributed by atoms with Crippen LogP contribution >= 0.6 is 0 Å². The predicted molar refractivity (Wildman–Crippen MR) is 87.0 cm³/mol. The van der Waals surface area contributed by atoms with Gasteiger partial charge >= 0.3 is 0 Å². The van der Waals surface area contributed by atoms with Gasteiger partial charge in [0.05, 0.1) is 0 Å². The van der Waals surface area contributed by atoms with Gasteiger partial charge in [0.15, 0.2) is 0 Å². The van der Waals surface area contributed by atoms with Crippen molar-refractivity contribution < 1.29 is 0 Å². The van der Waals surface area contributed by atoms with Crippen LogP contribution in [-0.4, -0.2) is 24.0 Å². The standard InChI is InChI=1S/C18H30N2/c1-14(20-12-6-5-7-17(20)13-19)15-8-10-16(11-9-15)18(2,3)4/h8-11,14,17H,5-7,12-13,19H2,1-4H3. The highest BCUT2D eigenvalue weighted by molar-refractivity contribution is 5.29. The fraction of sp³-hybridized carbons (Fsp3) is 0.667. The Morgan fingerprint density at radius 3 is 2.40 bits per heavy atom. The molecule has 1 fully saturated rings. The molecule has 0 aliphatic carbocycles. The van der Waals surface area contributed by atoms with E-state index >= 15 is 0 Å². The Morgan fingerprint density at radius 2 is 1.85 bits per heavy atom. The molecule has 2 rings (SSSR count). The Labute approximate surface area is 124 Å². The van der Waals surface area contributed by atoms with Crippen molar-refractivity contribution in [3.8, 4) is 0 Å². The van der Waals surface area contributed by atoms with E-state index < -0.39 is 0 Å². The number of hydrogen-bond acceptors (Lipinski definition) is 2. The number of likely N-dealkylation sites (tertiary alicyclic amines) is 1. The predicted octanol–water partition coefficient (Wildman–Crippen LogP) is 3.86. The molecule has 2 heteroatoms. The highest BCUT2D eigenvalue weighted by Gasteiger charge is 2.26. The molecule has 0 radical (unpaired) electrons. The van der Waals surface area contributed by atoms with Crippen molar-refractivity contribution in [1.29, 1.82) is 0 Å². The monoisotopic (exact) mass is 274 g/mol. The lowest BCUT2D eigenvalue weighted by atomic mass is 9.86. The van der Waals surface area contributed by atoms with E-state index in [0.29, 0.717) is 12.1 Å². The van der Waals surface area contributed by atoms with Gasteiger partial charge in [-0.3, -0.25) is 4.90 Å². The molecule has 2 unspecified atom stereocenters. The van der Waals surface area contributed by atoms with Crippen LogP contribution in [0.2, 0.25) is 0 Å². The molecule has 0 amide bonds. The molecule has 0 saturated carbocycles. The van der Waals surface area contributed by atoms with E-state index in [1.54, 1.807) is 0 Å². The smallest absolute Gasteiger partial charge is 0.0323 e. The van der Waals surface area contributed by atoms with Crippen molar-refractivity contribution in [2.24, 2.45) is 5.73 Å². The van der Waals surface area contributed by atoms with Crippen molar-refractivity contribution in [2.45, 2.75) is 64.5 Å². The Hall–Kier alpha value is -0.860. The van der Waals surface area contributed by atoms with Gasteiger partial charge in [0, 0.05) is 18.6 Å². The second-order valence-electron chi connectivity index (χ2n) is 7.17. The van der Waals surface area contributed by atoms with Crippen molar-refractivity contribution >= 4 is 0 Å². The van der Waals surface area contributed by atoms with Crippen molar-refractivity contribution in [2.75, 3.05) is 13.1 Å². The number of nitrogens with zero attached hydrogens (tertiary/aromatic N) is 1. The quantitative estimate of drug-likeness (QED) is 0.907. The van der Waals surface area contributed by atoms with E-state index in [9.17, 15) is 0 Å². The summed E-state index contributed by atoms with van der Waals surface area (Å²) in [6.45, 7) is 11.1. The second-order valence-corrected chi connectivity index (χ2v) is 7.17. The maximum Gasteiger partial charge on any atom is 0.0323 e.